The molecular weight excluding hydrogens is 444 g/mol. The van der Waals surface area contributed by atoms with Crippen LogP contribution in [0.5, 0.6) is 11.5 Å². The average Bonchev–Trinajstić information content (AvgIpc) is 2.88. The Kier molecular flexibility index (Phi) is 8.50. The van der Waals surface area contributed by atoms with E-state index in [0.717, 1.165) is 36.9 Å². The van der Waals surface area contributed by atoms with E-state index >= 15 is 0 Å². The van der Waals surface area contributed by atoms with Crippen molar-refractivity contribution in [3.63, 3.8) is 0 Å². The van der Waals surface area contributed by atoms with E-state index in [-0.39, 0.29) is 11.9 Å². The number of piperidine rings is 1. The number of para-hydroxylation sites is 1. The molecule has 1 aromatic carbocycles. The summed E-state index contributed by atoms with van der Waals surface area (Å²) >= 11 is 0. The van der Waals surface area contributed by atoms with Gasteiger partial charge in [-0.25, -0.2) is 4.98 Å². The fraction of sp³-hybridized carbons (Fsp3) is 0.444. The molecule has 2 aromatic heterocycles. The molecule has 8 heteroatoms. The van der Waals surface area contributed by atoms with Crippen LogP contribution in [0.15, 0.2) is 48.8 Å². The highest BCUT2D eigenvalue weighted by atomic mass is 16.5. The molecule has 35 heavy (non-hydrogen) atoms. The van der Waals surface area contributed by atoms with Crippen molar-refractivity contribution in [2.24, 2.45) is 0 Å². The zero-order valence-corrected chi connectivity index (χ0v) is 20.7. The molecule has 1 atom stereocenters. The molecule has 1 N–H and O–H groups in total. The van der Waals surface area contributed by atoms with Gasteiger partial charge in [0.2, 0.25) is 0 Å². The van der Waals surface area contributed by atoms with Crippen molar-refractivity contribution < 1.29 is 19.0 Å². The number of ether oxygens (including phenoxy) is 3. The van der Waals surface area contributed by atoms with Crippen molar-refractivity contribution >= 4 is 16.8 Å². The van der Waals surface area contributed by atoms with Gasteiger partial charge >= 0.3 is 0 Å². The zero-order chi connectivity index (χ0) is 24.6. The molecule has 0 spiro atoms. The molecule has 0 unspecified atom stereocenters. The van der Waals surface area contributed by atoms with Crippen LogP contribution in [0, 0.1) is 0 Å². The minimum absolute atomic E-state index is 0.0890. The molecule has 4 rings (SSSR count). The molecule has 1 fully saturated rings. The van der Waals surface area contributed by atoms with Gasteiger partial charge in [-0.15, -0.1) is 0 Å². The highest BCUT2D eigenvalue weighted by molar-refractivity contribution is 5.98. The van der Waals surface area contributed by atoms with E-state index in [9.17, 15) is 4.79 Å². The molecule has 0 bridgehead atoms. The molecular formula is C27H34N4O4. The number of pyridine rings is 2. The molecule has 3 heterocycles. The van der Waals surface area contributed by atoms with Gasteiger partial charge in [0.05, 0.1) is 6.61 Å². The van der Waals surface area contributed by atoms with E-state index in [2.05, 4.69) is 29.0 Å². The van der Waals surface area contributed by atoms with E-state index in [1.807, 2.05) is 30.3 Å². The van der Waals surface area contributed by atoms with Crippen LogP contribution in [0.25, 0.3) is 10.9 Å². The number of carbonyl (C=O) groups is 1. The van der Waals surface area contributed by atoms with Crippen LogP contribution < -0.4 is 14.8 Å². The number of carbonyl (C=O) groups excluding carboxylic acids is 1. The Morgan fingerprint density at radius 2 is 2.06 bits per heavy atom. The summed E-state index contributed by atoms with van der Waals surface area (Å²) in [6, 6.07) is 11.7. The Morgan fingerprint density at radius 1 is 1.17 bits per heavy atom. The van der Waals surface area contributed by atoms with Crippen molar-refractivity contribution in [1.29, 1.82) is 0 Å². The molecule has 1 aliphatic rings. The van der Waals surface area contributed by atoms with E-state index in [1.54, 1.807) is 25.6 Å². The first-order valence-corrected chi connectivity index (χ1v) is 12.2. The Bertz CT molecular complexity index is 1120. The molecule has 3 aromatic rings. The summed E-state index contributed by atoms with van der Waals surface area (Å²) in [5.74, 6) is 0.957. The van der Waals surface area contributed by atoms with Gasteiger partial charge in [0.15, 0.2) is 0 Å². The van der Waals surface area contributed by atoms with E-state index < -0.39 is 0 Å². The molecule has 1 saturated heterocycles. The van der Waals surface area contributed by atoms with Crippen LogP contribution in [-0.4, -0.2) is 66.3 Å². The number of methoxy groups -OCH3 is 1. The minimum Gasteiger partial charge on any atom is -0.490 e. The predicted octanol–water partition coefficient (Wildman–Crippen LogP) is 3.84. The third-order valence-electron chi connectivity index (χ3n) is 6.18. The summed E-state index contributed by atoms with van der Waals surface area (Å²) in [5.41, 5.74) is 1.84. The number of nitrogens with one attached hydrogen (secondary N) is 1. The second-order valence-electron chi connectivity index (χ2n) is 9.05. The highest BCUT2D eigenvalue weighted by Gasteiger charge is 2.24. The average molecular weight is 479 g/mol. The summed E-state index contributed by atoms with van der Waals surface area (Å²) in [6.07, 6.45) is 5.51. The summed E-state index contributed by atoms with van der Waals surface area (Å²) in [4.78, 5) is 24.5. The number of nitrogens with zero attached hydrogens (tertiary/aromatic N) is 3. The lowest BCUT2D eigenvalue weighted by Crippen LogP contribution is -2.49. The van der Waals surface area contributed by atoms with Crippen LogP contribution >= 0.6 is 0 Å². The summed E-state index contributed by atoms with van der Waals surface area (Å²) in [6.45, 7) is 7.43. The Labute approximate surface area is 206 Å². The maximum atomic E-state index is 13.3. The third kappa shape index (κ3) is 6.46. The highest BCUT2D eigenvalue weighted by Crippen LogP contribution is 2.32. The number of likely N-dealkylation sites (tertiary alicyclic amines) is 1. The maximum Gasteiger partial charge on any atom is 0.270 e. The van der Waals surface area contributed by atoms with Gasteiger partial charge in [-0.05, 0) is 51.4 Å². The van der Waals surface area contributed by atoms with E-state index in [4.69, 9.17) is 19.2 Å². The van der Waals surface area contributed by atoms with Crippen LogP contribution in [0.2, 0.25) is 0 Å². The van der Waals surface area contributed by atoms with Crippen LogP contribution in [0.1, 0.15) is 42.7 Å². The van der Waals surface area contributed by atoms with Gasteiger partial charge in [0.25, 0.3) is 5.91 Å². The van der Waals surface area contributed by atoms with Crippen molar-refractivity contribution in [3.8, 4) is 11.5 Å². The maximum absolute atomic E-state index is 13.3. The second kappa shape index (κ2) is 12.0. The summed E-state index contributed by atoms with van der Waals surface area (Å²) < 4.78 is 17.2. The Balaban J connectivity index is 1.61. The van der Waals surface area contributed by atoms with Crippen molar-refractivity contribution in [1.82, 2.24) is 20.2 Å². The summed E-state index contributed by atoms with van der Waals surface area (Å²) in [7, 11) is 1.63. The van der Waals surface area contributed by atoms with Gasteiger partial charge in [-0.3, -0.25) is 14.7 Å². The fourth-order valence-corrected chi connectivity index (χ4v) is 4.28. The zero-order valence-electron chi connectivity index (χ0n) is 20.7. The van der Waals surface area contributed by atoms with Gasteiger partial charge in [-0.2, -0.15) is 0 Å². The normalized spacial score (nSPS) is 16.4. The van der Waals surface area contributed by atoms with Gasteiger partial charge in [0, 0.05) is 55.1 Å². The fourth-order valence-electron chi connectivity index (χ4n) is 4.28. The monoisotopic (exact) mass is 478 g/mol. The molecule has 8 nitrogen and oxygen atoms in total. The van der Waals surface area contributed by atoms with Crippen molar-refractivity contribution in [2.45, 2.75) is 45.4 Å². The lowest BCUT2D eigenvalue weighted by Gasteiger charge is -2.35. The number of hydrogen-bond donors (Lipinski definition) is 1. The van der Waals surface area contributed by atoms with E-state index in [0.29, 0.717) is 48.6 Å². The number of aromatic nitrogens is 2. The smallest absolute Gasteiger partial charge is 0.270 e. The van der Waals surface area contributed by atoms with Gasteiger partial charge in [-0.1, -0.05) is 12.1 Å². The lowest BCUT2D eigenvalue weighted by molar-refractivity contribution is 0.0881. The van der Waals surface area contributed by atoms with Gasteiger partial charge in [0.1, 0.15) is 35.9 Å². The largest absolute Gasteiger partial charge is 0.490 e. The predicted molar refractivity (Wildman–Crippen MR) is 135 cm³/mol. The standard InChI is InChI=1S/C27H34N4O4/c1-19(2)31-12-6-8-21(17-31)29-27(32)23-15-25(34-14-13-33-3)22-9-4-10-24(26(22)30-23)35-18-20-7-5-11-28-16-20/h4-5,7,9-11,15-16,19,21H,6,8,12-14,17-18H2,1-3H3,(H,29,32)/t21-/m1/s1. The Hall–Kier alpha value is -3.23. The molecule has 0 saturated carbocycles. The van der Waals surface area contributed by atoms with Crippen LogP contribution in [0.4, 0.5) is 0 Å². The van der Waals surface area contributed by atoms with Crippen molar-refractivity contribution in [2.75, 3.05) is 33.4 Å². The Morgan fingerprint density at radius 3 is 2.83 bits per heavy atom. The van der Waals surface area contributed by atoms with Crippen molar-refractivity contribution in [3.05, 3.63) is 60.0 Å². The molecule has 1 amide bonds. The first-order valence-electron chi connectivity index (χ1n) is 12.2. The first kappa shape index (κ1) is 24.9. The third-order valence-corrected chi connectivity index (χ3v) is 6.18. The first-order chi connectivity index (χ1) is 17.0. The number of rotatable bonds is 10. The lowest BCUT2D eigenvalue weighted by atomic mass is 10.0. The number of benzene rings is 1. The SMILES string of the molecule is COCCOc1cc(C(=O)N[C@@H]2CCCN(C(C)C)C2)nc2c(OCc3cccnc3)cccc12. The minimum atomic E-state index is -0.207. The van der Waals surface area contributed by atoms with Gasteiger partial charge < -0.3 is 19.5 Å². The molecule has 1 aliphatic heterocycles. The molecule has 0 aliphatic carbocycles. The quantitative estimate of drug-likeness (QED) is 0.443. The molecule has 186 valence electrons. The van der Waals surface area contributed by atoms with Crippen LogP contribution in [-0.2, 0) is 11.3 Å². The number of hydrogen-bond acceptors (Lipinski definition) is 7. The second-order valence-corrected chi connectivity index (χ2v) is 9.05. The number of amides is 1. The van der Waals surface area contributed by atoms with E-state index in [1.165, 1.54) is 0 Å². The topological polar surface area (TPSA) is 85.8 Å². The molecule has 0 radical (unpaired) electrons. The number of fused-ring (bicyclic) bond motifs is 1. The van der Waals surface area contributed by atoms with Crippen LogP contribution in [0.3, 0.4) is 0 Å². The summed E-state index contributed by atoms with van der Waals surface area (Å²) in [5, 5.41) is 3.97.